The number of benzene rings is 1. The first-order valence-corrected chi connectivity index (χ1v) is 7.47. The Hall–Kier alpha value is -2.45. The number of hydrogen-bond acceptors (Lipinski definition) is 5. The largest absolute Gasteiger partial charge is 0.397 e. The van der Waals surface area contributed by atoms with Crippen LogP contribution in [0.4, 0.5) is 11.4 Å². The van der Waals surface area contributed by atoms with Gasteiger partial charge >= 0.3 is 0 Å². The average molecular weight is 306 g/mol. The maximum Gasteiger partial charge on any atom is 0.274 e. The van der Waals surface area contributed by atoms with Crippen molar-refractivity contribution in [2.45, 2.75) is 4.90 Å². The number of carbonyl (C=O) groups is 1. The minimum absolute atomic E-state index is 0.0630. The molecule has 0 saturated heterocycles. The number of pyridine rings is 1. The van der Waals surface area contributed by atoms with Crippen LogP contribution in [0.1, 0.15) is 10.5 Å². The summed E-state index contributed by atoms with van der Waals surface area (Å²) in [6, 6.07) is 8.97. The van der Waals surface area contributed by atoms with E-state index in [4.69, 9.17) is 5.73 Å². The first kappa shape index (κ1) is 14.9. The number of nitrogens with two attached hydrogens (primary N) is 1. The van der Waals surface area contributed by atoms with Gasteiger partial charge in [0, 0.05) is 5.69 Å². The predicted octanol–water partition coefficient (Wildman–Crippen LogP) is 0.824. The van der Waals surface area contributed by atoms with Crippen molar-refractivity contribution in [2.75, 3.05) is 18.1 Å². The molecular formula is C13H14N4O3S. The van der Waals surface area contributed by atoms with E-state index in [2.05, 4.69) is 15.0 Å². The van der Waals surface area contributed by atoms with E-state index in [0.29, 0.717) is 11.4 Å². The minimum atomic E-state index is -3.56. The molecule has 2 aromatic rings. The van der Waals surface area contributed by atoms with Crippen LogP contribution in [-0.2, 0) is 10.0 Å². The number of anilines is 2. The quantitative estimate of drug-likeness (QED) is 0.774. The molecule has 0 spiro atoms. The van der Waals surface area contributed by atoms with Crippen molar-refractivity contribution < 1.29 is 13.2 Å². The Morgan fingerprint density at radius 3 is 2.62 bits per heavy atom. The molecule has 0 fully saturated rings. The molecule has 0 aliphatic carbocycles. The summed E-state index contributed by atoms with van der Waals surface area (Å²) in [4.78, 5) is 15.9. The second-order valence-electron chi connectivity index (χ2n) is 4.17. The molecule has 0 unspecified atom stereocenters. The van der Waals surface area contributed by atoms with Crippen molar-refractivity contribution in [3.63, 3.8) is 0 Å². The Bertz CT molecular complexity index is 757. The van der Waals surface area contributed by atoms with E-state index in [-0.39, 0.29) is 10.6 Å². The minimum Gasteiger partial charge on any atom is -0.397 e. The lowest BCUT2D eigenvalue weighted by atomic mass is 10.3. The molecular weight excluding hydrogens is 292 g/mol. The average Bonchev–Trinajstić information content (AvgIpc) is 2.48. The van der Waals surface area contributed by atoms with Gasteiger partial charge in [-0.1, -0.05) is 6.07 Å². The molecule has 0 aliphatic heterocycles. The van der Waals surface area contributed by atoms with Crippen molar-refractivity contribution >= 4 is 27.3 Å². The van der Waals surface area contributed by atoms with Crippen LogP contribution in [0, 0.1) is 0 Å². The summed E-state index contributed by atoms with van der Waals surface area (Å²) >= 11 is 0. The second kappa shape index (κ2) is 5.90. The maximum atomic E-state index is 12.0. The van der Waals surface area contributed by atoms with Crippen LogP contribution in [0.2, 0.25) is 0 Å². The Balaban J connectivity index is 2.22. The molecule has 1 heterocycles. The first-order chi connectivity index (χ1) is 9.92. The highest BCUT2D eigenvalue weighted by Gasteiger charge is 2.13. The Labute approximate surface area is 122 Å². The van der Waals surface area contributed by atoms with Gasteiger partial charge in [-0.05, 0) is 37.4 Å². The predicted molar refractivity (Wildman–Crippen MR) is 79.3 cm³/mol. The van der Waals surface area contributed by atoms with E-state index in [9.17, 15) is 13.2 Å². The first-order valence-electron chi connectivity index (χ1n) is 5.99. The highest BCUT2D eigenvalue weighted by molar-refractivity contribution is 7.89. The molecule has 8 heteroatoms. The van der Waals surface area contributed by atoms with Crippen molar-refractivity contribution in [3.05, 3.63) is 48.3 Å². The highest BCUT2D eigenvalue weighted by atomic mass is 32.2. The lowest BCUT2D eigenvalue weighted by Crippen LogP contribution is -2.19. The second-order valence-corrected chi connectivity index (χ2v) is 6.05. The SMILES string of the molecule is CNS(=O)(=O)c1cccc(NC(=O)c2ccc(N)cn2)c1. The number of nitrogens with zero attached hydrogens (tertiary/aromatic N) is 1. The van der Waals surface area contributed by atoms with Gasteiger partial charge in [-0.25, -0.2) is 18.1 Å². The van der Waals surface area contributed by atoms with Crippen LogP contribution in [0.15, 0.2) is 47.5 Å². The maximum absolute atomic E-state index is 12.0. The molecule has 4 N–H and O–H groups in total. The van der Waals surface area contributed by atoms with E-state index in [1.165, 1.54) is 37.5 Å². The molecule has 7 nitrogen and oxygen atoms in total. The van der Waals surface area contributed by atoms with Gasteiger partial charge in [-0.3, -0.25) is 4.79 Å². The van der Waals surface area contributed by atoms with Gasteiger partial charge in [0.15, 0.2) is 0 Å². The molecule has 110 valence electrons. The highest BCUT2D eigenvalue weighted by Crippen LogP contribution is 2.16. The third kappa shape index (κ3) is 3.56. The number of sulfonamides is 1. The molecule has 0 aliphatic rings. The fourth-order valence-electron chi connectivity index (χ4n) is 1.59. The van der Waals surface area contributed by atoms with Gasteiger partial charge in [0.05, 0.1) is 16.8 Å². The topological polar surface area (TPSA) is 114 Å². The number of aromatic nitrogens is 1. The third-order valence-corrected chi connectivity index (χ3v) is 4.10. The third-order valence-electron chi connectivity index (χ3n) is 2.69. The standard InChI is InChI=1S/C13H14N4O3S/c1-15-21(19,20)11-4-2-3-10(7-11)17-13(18)12-6-5-9(14)8-16-12/h2-8,15H,14H2,1H3,(H,17,18). The zero-order valence-electron chi connectivity index (χ0n) is 11.2. The summed E-state index contributed by atoms with van der Waals surface area (Å²) < 4.78 is 25.6. The summed E-state index contributed by atoms with van der Waals surface area (Å²) in [7, 11) is -2.24. The summed E-state index contributed by atoms with van der Waals surface area (Å²) in [6.45, 7) is 0. The molecule has 21 heavy (non-hydrogen) atoms. The summed E-state index contributed by atoms with van der Waals surface area (Å²) in [5, 5.41) is 2.58. The monoisotopic (exact) mass is 306 g/mol. The van der Waals surface area contributed by atoms with Crippen LogP contribution in [0.25, 0.3) is 0 Å². The van der Waals surface area contributed by atoms with Gasteiger partial charge < -0.3 is 11.1 Å². The number of hydrogen-bond donors (Lipinski definition) is 3. The van der Waals surface area contributed by atoms with Gasteiger partial charge in [0.1, 0.15) is 5.69 Å². The van der Waals surface area contributed by atoms with E-state index < -0.39 is 15.9 Å². The smallest absolute Gasteiger partial charge is 0.274 e. The Kier molecular flexibility index (Phi) is 4.20. The van der Waals surface area contributed by atoms with Gasteiger partial charge in [0.2, 0.25) is 10.0 Å². The molecule has 0 saturated carbocycles. The van der Waals surface area contributed by atoms with E-state index in [0.717, 1.165) is 0 Å². The molecule has 0 atom stereocenters. The van der Waals surface area contributed by atoms with Crippen LogP contribution in [0.5, 0.6) is 0 Å². The van der Waals surface area contributed by atoms with Crippen LogP contribution in [0.3, 0.4) is 0 Å². The summed E-state index contributed by atoms with van der Waals surface area (Å²) in [5.74, 6) is -0.450. The van der Waals surface area contributed by atoms with E-state index in [1.807, 2.05) is 0 Å². The van der Waals surface area contributed by atoms with E-state index in [1.54, 1.807) is 12.1 Å². The van der Waals surface area contributed by atoms with Crippen LogP contribution < -0.4 is 15.8 Å². The normalized spacial score (nSPS) is 11.1. The number of carbonyl (C=O) groups excluding carboxylic acids is 1. The number of amides is 1. The molecule has 1 aromatic carbocycles. The lowest BCUT2D eigenvalue weighted by Gasteiger charge is -2.07. The molecule has 0 bridgehead atoms. The van der Waals surface area contributed by atoms with Gasteiger partial charge in [-0.15, -0.1) is 0 Å². The van der Waals surface area contributed by atoms with Gasteiger partial charge in [-0.2, -0.15) is 0 Å². The van der Waals surface area contributed by atoms with Crippen molar-refractivity contribution in [3.8, 4) is 0 Å². The summed E-state index contributed by atoms with van der Waals surface area (Å²) in [6.07, 6.45) is 1.37. The Morgan fingerprint density at radius 2 is 2.00 bits per heavy atom. The molecule has 2 rings (SSSR count). The fourth-order valence-corrected chi connectivity index (χ4v) is 2.37. The zero-order valence-corrected chi connectivity index (χ0v) is 12.0. The number of nitrogens with one attached hydrogen (secondary N) is 2. The van der Waals surface area contributed by atoms with Crippen molar-refractivity contribution in [2.24, 2.45) is 0 Å². The van der Waals surface area contributed by atoms with E-state index >= 15 is 0 Å². The van der Waals surface area contributed by atoms with Gasteiger partial charge in [0.25, 0.3) is 5.91 Å². The fraction of sp³-hybridized carbons (Fsp3) is 0.0769. The van der Waals surface area contributed by atoms with Crippen molar-refractivity contribution in [1.82, 2.24) is 9.71 Å². The van der Waals surface area contributed by atoms with Crippen LogP contribution in [-0.4, -0.2) is 26.4 Å². The van der Waals surface area contributed by atoms with Crippen LogP contribution >= 0.6 is 0 Å². The lowest BCUT2D eigenvalue weighted by molar-refractivity contribution is 0.102. The zero-order chi connectivity index (χ0) is 15.5. The Morgan fingerprint density at radius 1 is 1.24 bits per heavy atom. The summed E-state index contributed by atoms with van der Waals surface area (Å²) in [5.41, 5.74) is 6.49. The number of nitrogen functional groups attached to an aromatic ring is 1. The molecule has 0 radical (unpaired) electrons. The molecule has 1 amide bonds. The number of rotatable bonds is 4. The van der Waals surface area contributed by atoms with Crippen molar-refractivity contribution in [1.29, 1.82) is 0 Å². The molecule has 1 aromatic heterocycles.